The normalized spacial score (nSPS) is 14.1. The van der Waals surface area contributed by atoms with E-state index in [0.29, 0.717) is 23.4 Å². The standard InChI is InChI=1S/C27H29N3O5/c1-4-30-15-14-23-21(16-30)24(20-8-6-7-9-22(20)29-23)27(33)35-17(3)25(31)28-19-12-10-18(11-13-19)26(32)34-5-2/h6-13,17H,4-5,14-16H2,1-3H3,(H,28,31). The molecule has 4 rings (SSSR count). The number of fused-ring (bicyclic) bond motifs is 2. The van der Waals surface area contributed by atoms with Crippen LogP contribution in [0.25, 0.3) is 10.9 Å². The number of likely N-dealkylation sites (N-methyl/N-ethyl adjacent to an activating group) is 1. The summed E-state index contributed by atoms with van der Waals surface area (Å²) >= 11 is 0. The number of carbonyl (C=O) groups is 3. The van der Waals surface area contributed by atoms with Crippen molar-refractivity contribution in [3.05, 3.63) is 70.9 Å². The zero-order valence-corrected chi connectivity index (χ0v) is 20.2. The van der Waals surface area contributed by atoms with Gasteiger partial charge in [0.05, 0.1) is 23.3 Å². The van der Waals surface area contributed by atoms with Crippen molar-refractivity contribution in [3.63, 3.8) is 0 Å². The van der Waals surface area contributed by atoms with E-state index >= 15 is 0 Å². The first-order chi connectivity index (χ1) is 16.9. The van der Waals surface area contributed by atoms with Gasteiger partial charge in [-0.05, 0) is 50.7 Å². The molecule has 1 amide bonds. The number of carbonyl (C=O) groups excluding carboxylic acids is 3. The molecule has 0 bridgehead atoms. The number of hydrogen-bond acceptors (Lipinski definition) is 7. The molecule has 1 aliphatic heterocycles. The smallest absolute Gasteiger partial charge is 0.339 e. The second kappa shape index (κ2) is 10.7. The fraction of sp³-hybridized carbons (Fsp3) is 0.333. The fourth-order valence-corrected chi connectivity index (χ4v) is 4.17. The molecule has 0 saturated heterocycles. The van der Waals surface area contributed by atoms with Gasteiger partial charge in [0.25, 0.3) is 5.91 Å². The van der Waals surface area contributed by atoms with E-state index in [-0.39, 0.29) is 6.61 Å². The number of anilines is 1. The molecule has 35 heavy (non-hydrogen) atoms. The quantitative estimate of drug-likeness (QED) is 0.516. The first-order valence-corrected chi connectivity index (χ1v) is 11.8. The van der Waals surface area contributed by atoms with Crippen LogP contribution < -0.4 is 5.32 Å². The molecule has 1 atom stereocenters. The Morgan fingerprint density at radius 2 is 1.80 bits per heavy atom. The summed E-state index contributed by atoms with van der Waals surface area (Å²) in [5, 5.41) is 3.44. The number of hydrogen-bond donors (Lipinski definition) is 1. The third-order valence-corrected chi connectivity index (χ3v) is 6.09. The van der Waals surface area contributed by atoms with Crippen LogP contribution in [-0.2, 0) is 27.2 Å². The minimum Gasteiger partial charge on any atom is -0.462 e. The molecule has 8 heteroatoms. The topological polar surface area (TPSA) is 97.8 Å². The molecule has 0 spiro atoms. The van der Waals surface area contributed by atoms with Crippen LogP contribution in [0.5, 0.6) is 0 Å². The van der Waals surface area contributed by atoms with Gasteiger partial charge in [0.2, 0.25) is 0 Å². The maximum absolute atomic E-state index is 13.4. The zero-order valence-electron chi connectivity index (χ0n) is 20.2. The highest BCUT2D eigenvalue weighted by Gasteiger charge is 2.28. The van der Waals surface area contributed by atoms with Gasteiger partial charge in [-0.1, -0.05) is 25.1 Å². The van der Waals surface area contributed by atoms with Gasteiger partial charge in [0, 0.05) is 41.8 Å². The molecule has 1 aliphatic rings. The molecule has 3 aromatic rings. The van der Waals surface area contributed by atoms with Crippen LogP contribution in [-0.4, -0.2) is 53.5 Å². The van der Waals surface area contributed by atoms with E-state index in [1.807, 2.05) is 24.3 Å². The number of rotatable bonds is 7. The Bertz CT molecular complexity index is 1260. The number of aromatic nitrogens is 1. The lowest BCUT2D eigenvalue weighted by atomic mass is 9.95. The number of para-hydroxylation sites is 1. The lowest BCUT2D eigenvalue weighted by Gasteiger charge is -2.29. The number of esters is 2. The lowest BCUT2D eigenvalue weighted by molar-refractivity contribution is -0.123. The van der Waals surface area contributed by atoms with E-state index in [4.69, 9.17) is 14.5 Å². The van der Waals surface area contributed by atoms with Crippen LogP contribution in [0.4, 0.5) is 5.69 Å². The van der Waals surface area contributed by atoms with Crippen LogP contribution >= 0.6 is 0 Å². The Morgan fingerprint density at radius 3 is 2.51 bits per heavy atom. The SMILES string of the molecule is CCOC(=O)c1ccc(NC(=O)C(C)OC(=O)c2c3c(nc4ccccc24)CCN(CC)C3)cc1. The van der Waals surface area contributed by atoms with Crippen LogP contribution in [0.15, 0.2) is 48.5 Å². The number of nitrogens with one attached hydrogen (secondary N) is 1. The molecule has 182 valence electrons. The van der Waals surface area contributed by atoms with Crippen molar-refractivity contribution in [2.45, 2.75) is 39.8 Å². The molecule has 2 heterocycles. The van der Waals surface area contributed by atoms with Crippen molar-refractivity contribution in [3.8, 4) is 0 Å². The first-order valence-electron chi connectivity index (χ1n) is 11.8. The summed E-state index contributed by atoms with van der Waals surface area (Å²) in [6, 6.07) is 13.8. The molecule has 1 N–H and O–H groups in total. The molecule has 2 aromatic carbocycles. The van der Waals surface area contributed by atoms with Crippen molar-refractivity contribution in [1.29, 1.82) is 0 Å². The maximum Gasteiger partial charge on any atom is 0.339 e. The summed E-state index contributed by atoms with van der Waals surface area (Å²) in [4.78, 5) is 45.0. The van der Waals surface area contributed by atoms with Crippen molar-refractivity contribution < 1.29 is 23.9 Å². The molecular formula is C27H29N3O5. The molecular weight excluding hydrogens is 446 g/mol. The van der Waals surface area contributed by atoms with Crippen LogP contribution in [0.1, 0.15) is 52.7 Å². The van der Waals surface area contributed by atoms with E-state index in [9.17, 15) is 14.4 Å². The number of ether oxygens (including phenoxy) is 2. The summed E-state index contributed by atoms with van der Waals surface area (Å²) in [6.07, 6.45) is -0.271. The van der Waals surface area contributed by atoms with E-state index in [1.165, 1.54) is 6.92 Å². The summed E-state index contributed by atoms with van der Waals surface area (Å²) in [5.41, 5.74) is 3.85. The Kier molecular flexibility index (Phi) is 7.41. The van der Waals surface area contributed by atoms with E-state index in [2.05, 4.69) is 17.1 Å². The zero-order chi connectivity index (χ0) is 24.9. The van der Waals surface area contributed by atoms with E-state index < -0.39 is 23.9 Å². The van der Waals surface area contributed by atoms with Gasteiger partial charge < -0.3 is 14.8 Å². The molecule has 0 radical (unpaired) electrons. The number of benzene rings is 2. The Morgan fingerprint density at radius 1 is 1.06 bits per heavy atom. The van der Waals surface area contributed by atoms with Crippen LogP contribution in [0.2, 0.25) is 0 Å². The fourth-order valence-electron chi connectivity index (χ4n) is 4.17. The van der Waals surface area contributed by atoms with Crippen LogP contribution in [0, 0.1) is 0 Å². The predicted molar refractivity (Wildman–Crippen MR) is 132 cm³/mol. The second-order valence-corrected chi connectivity index (χ2v) is 8.38. The first kappa shape index (κ1) is 24.3. The van der Waals surface area contributed by atoms with Crippen molar-refractivity contribution in [2.24, 2.45) is 0 Å². The Labute approximate surface area is 204 Å². The highest BCUT2D eigenvalue weighted by molar-refractivity contribution is 6.06. The van der Waals surface area contributed by atoms with Gasteiger partial charge >= 0.3 is 11.9 Å². The highest BCUT2D eigenvalue weighted by Crippen LogP contribution is 2.29. The third kappa shape index (κ3) is 5.33. The van der Waals surface area contributed by atoms with Gasteiger partial charge in [-0.15, -0.1) is 0 Å². The highest BCUT2D eigenvalue weighted by atomic mass is 16.5. The van der Waals surface area contributed by atoms with Gasteiger partial charge in [-0.2, -0.15) is 0 Å². The van der Waals surface area contributed by atoms with E-state index in [0.717, 1.165) is 41.7 Å². The van der Waals surface area contributed by atoms with Crippen molar-refractivity contribution >= 4 is 34.4 Å². The predicted octanol–water partition coefficient (Wildman–Crippen LogP) is 3.97. The molecule has 1 aromatic heterocycles. The molecule has 0 saturated carbocycles. The Hall–Kier alpha value is -3.78. The maximum atomic E-state index is 13.4. The summed E-state index contributed by atoms with van der Waals surface area (Å²) in [7, 11) is 0. The van der Waals surface area contributed by atoms with E-state index in [1.54, 1.807) is 31.2 Å². The monoisotopic (exact) mass is 475 g/mol. The molecule has 0 aliphatic carbocycles. The van der Waals surface area contributed by atoms with Crippen molar-refractivity contribution in [2.75, 3.05) is 25.0 Å². The molecule has 1 unspecified atom stereocenters. The van der Waals surface area contributed by atoms with Gasteiger partial charge in [-0.3, -0.25) is 14.7 Å². The summed E-state index contributed by atoms with van der Waals surface area (Å²) in [5.74, 6) is -1.44. The minimum absolute atomic E-state index is 0.284. The van der Waals surface area contributed by atoms with Gasteiger partial charge in [0.1, 0.15) is 0 Å². The van der Waals surface area contributed by atoms with Crippen molar-refractivity contribution in [1.82, 2.24) is 9.88 Å². The number of amides is 1. The largest absolute Gasteiger partial charge is 0.462 e. The number of nitrogens with zero attached hydrogens (tertiary/aromatic N) is 2. The van der Waals surface area contributed by atoms with Crippen LogP contribution in [0.3, 0.4) is 0 Å². The molecule has 0 fully saturated rings. The average Bonchev–Trinajstić information content (AvgIpc) is 2.87. The Balaban J connectivity index is 1.52. The second-order valence-electron chi connectivity index (χ2n) is 8.38. The van der Waals surface area contributed by atoms with Gasteiger partial charge in [0.15, 0.2) is 6.10 Å². The summed E-state index contributed by atoms with van der Waals surface area (Å²) < 4.78 is 10.6. The van der Waals surface area contributed by atoms with Gasteiger partial charge in [-0.25, -0.2) is 9.59 Å². The summed E-state index contributed by atoms with van der Waals surface area (Å²) in [6.45, 7) is 8.01. The minimum atomic E-state index is -1.03. The number of pyridine rings is 1. The molecule has 8 nitrogen and oxygen atoms in total. The third-order valence-electron chi connectivity index (χ3n) is 6.09. The lowest BCUT2D eigenvalue weighted by Crippen LogP contribution is -2.34. The average molecular weight is 476 g/mol.